The van der Waals surface area contributed by atoms with Gasteiger partial charge in [-0.05, 0) is 31.5 Å². The molecule has 9 nitrogen and oxygen atoms in total. The first kappa shape index (κ1) is 18.7. The Morgan fingerprint density at radius 3 is 2.67 bits per heavy atom. The number of methoxy groups -OCH3 is 1. The van der Waals surface area contributed by atoms with Crippen LogP contribution in [0.3, 0.4) is 0 Å². The molecular formula is C18H22N4O5. The van der Waals surface area contributed by atoms with Crippen LogP contribution < -0.4 is 20.7 Å². The summed E-state index contributed by atoms with van der Waals surface area (Å²) >= 11 is 0. The minimum atomic E-state index is -1.50. The van der Waals surface area contributed by atoms with E-state index in [1.807, 2.05) is 0 Å². The quantitative estimate of drug-likeness (QED) is 0.613. The molecule has 5 amide bonds. The molecule has 1 aromatic carbocycles. The smallest absolute Gasteiger partial charge is 0.322 e. The van der Waals surface area contributed by atoms with Gasteiger partial charge in [0.25, 0.3) is 11.8 Å². The normalized spacial score (nSPS) is 21.2. The Hall–Kier alpha value is -3.10. The largest absolute Gasteiger partial charge is 0.497 e. The Kier molecular flexibility index (Phi) is 4.77. The second kappa shape index (κ2) is 6.90. The molecule has 0 spiro atoms. The number of rotatable bonds is 6. The molecule has 2 heterocycles. The lowest BCUT2D eigenvalue weighted by atomic mass is 9.93. The summed E-state index contributed by atoms with van der Waals surface area (Å²) in [4.78, 5) is 50.7. The van der Waals surface area contributed by atoms with E-state index in [0.29, 0.717) is 11.3 Å². The van der Waals surface area contributed by atoms with Gasteiger partial charge in [0.05, 0.1) is 20.1 Å². The van der Waals surface area contributed by atoms with E-state index in [1.54, 1.807) is 32.0 Å². The zero-order chi connectivity index (χ0) is 19.8. The number of benzene rings is 1. The molecule has 0 bridgehead atoms. The third-order valence-electron chi connectivity index (χ3n) is 4.58. The number of nitrogens with one attached hydrogen (secondary N) is 3. The van der Waals surface area contributed by atoms with E-state index < -0.39 is 17.5 Å². The number of ether oxygens (including phenoxy) is 1. The summed E-state index contributed by atoms with van der Waals surface area (Å²) in [6.07, 6.45) is -0.258. The molecule has 0 radical (unpaired) electrons. The Balaban J connectivity index is 1.83. The lowest BCUT2D eigenvalue weighted by Crippen LogP contribution is -2.57. The van der Waals surface area contributed by atoms with Crippen LogP contribution >= 0.6 is 0 Å². The first-order valence-electron chi connectivity index (χ1n) is 8.63. The zero-order valence-electron chi connectivity index (χ0n) is 15.4. The number of hydrogen-bond donors (Lipinski definition) is 3. The third-order valence-corrected chi connectivity index (χ3v) is 4.58. The summed E-state index contributed by atoms with van der Waals surface area (Å²) in [6, 6.07) is 4.40. The van der Waals surface area contributed by atoms with Gasteiger partial charge in [0.15, 0.2) is 0 Å². The lowest BCUT2D eigenvalue weighted by Gasteiger charge is -2.30. The van der Waals surface area contributed by atoms with Crippen molar-refractivity contribution in [3.63, 3.8) is 0 Å². The number of imide groups is 1. The predicted molar refractivity (Wildman–Crippen MR) is 95.0 cm³/mol. The summed E-state index contributed by atoms with van der Waals surface area (Å²) in [6.45, 7) is 3.78. The molecule has 1 unspecified atom stereocenters. The van der Waals surface area contributed by atoms with E-state index in [0.717, 1.165) is 5.56 Å². The first-order chi connectivity index (χ1) is 12.7. The molecule has 0 aliphatic carbocycles. The topological polar surface area (TPSA) is 117 Å². The summed E-state index contributed by atoms with van der Waals surface area (Å²) in [7, 11) is 1.51. The molecule has 3 N–H and O–H groups in total. The maximum Gasteiger partial charge on any atom is 0.322 e. The number of hydrogen-bond acceptors (Lipinski definition) is 5. The average Bonchev–Trinajstić information content (AvgIpc) is 3.03. The highest BCUT2D eigenvalue weighted by molar-refractivity contribution is 6.09. The van der Waals surface area contributed by atoms with E-state index in [-0.39, 0.29) is 37.4 Å². The molecule has 27 heavy (non-hydrogen) atoms. The Morgan fingerprint density at radius 2 is 2.07 bits per heavy atom. The van der Waals surface area contributed by atoms with Gasteiger partial charge in [0, 0.05) is 18.2 Å². The van der Waals surface area contributed by atoms with Crippen molar-refractivity contribution < 1.29 is 23.9 Å². The maximum atomic E-state index is 12.8. The average molecular weight is 374 g/mol. The van der Waals surface area contributed by atoms with Crippen molar-refractivity contribution in [1.82, 2.24) is 20.9 Å². The molecule has 1 aromatic rings. The van der Waals surface area contributed by atoms with Crippen molar-refractivity contribution in [1.29, 1.82) is 0 Å². The molecule has 3 rings (SSSR count). The van der Waals surface area contributed by atoms with Crippen LogP contribution in [0.2, 0.25) is 0 Å². The maximum absolute atomic E-state index is 12.8. The van der Waals surface area contributed by atoms with E-state index in [2.05, 4.69) is 16.0 Å². The van der Waals surface area contributed by atoms with Gasteiger partial charge in [-0.1, -0.05) is 6.07 Å². The summed E-state index contributed by atoms with van der Waals surface area (Å²) in [5.74, 6) is -0.718. The molecule has 1 saturated heterocycles. The number of carbonyl (C=O) groups is 4. The highest BCUT2D eigenvalue weighted by atomic mass is 16.5. The second-order valence-electron chi connectivity index (χ2n) is 7.07. The molecule has 9 heteroatoms. The first-order valence-corrected chi connectivity index (χ1v) is 8.63. The third kappa shape index (κ3) is 3.57. The van der Waals surface area contributed by atoms with Gasteiger partial charge in [0.2, 0.25) is 5.91 Å². The van der Waals surface area contributed by atoms with E-state index >= 15 is 0 Å². The highest BCUT2D eigenvalue weighted by Crippen LogP contribution is 2.29. The Labute approximate surface area is 156 Å². The van der Waals surface area contributed by atoms with Crippen molar-refractivity contribution >= 4 is 23.8 Å². The SMILES string of the molecule is COc1ccc2c(c1)C(=O)N(CC1(CC(=O)NC(C)C)NC(=O)NC1=O)C2. The van der Waals surface area contributed by atoms with Crippen molar-refractivity contribution in [3.05, 3.63) is 29.3 Å². The van der Waals surface area contributed by atoms with Crippen LogP contribution in [0.1, 0.15) is 36.2 Å². The molecule has 2 aliphatic rings. The number of carbonyl (C=O) groups excluding carboxylic acids is 4. The number of fused-ring (bicyclic) bond motifs is 1. The molecule has 1 fully saturated rings. The highest BCUT2D eigenvalue weighted by Gasteiger charge is 2.50. The Bertz CT molecular complexity index is 822. The molecule has 1 atom stereocenters. The predicted octanol–water partition coefficient (Wildman–Crippen LogP) is 0.144. The van der Waals surface area contributed by atoms with Crippen LogP contribution in [0.4, 0.5) is 4.79 Å². The fourth-order valence-electron chi connectivity index (χ4n) is 3.39. The molecule has 144 valence electrons. The summed E-state index contributed by atoms with van der Waals surface area (Å²) < 4.78 is 5.15. The van der Waals surface area contributed by atoms with E-state index in [9.17, 15) is 19.2 Å². The summed E-state index contributed by atoms with van der Waals surface area (Å²) in [5, 5.41) is 7.41. The molecule has 0 aromatic heterocycles. The van der Waals surface area contributed by atoms with Gasteiger partial charge in [-0.15, -0.1) is 0 Å². The van der Waals surface area contributed by atoms with Crippen LogP contribution in [-0.4, -0.2) is 53.9 Å². The molecule has 2 aliphatic heterocycles. The lowest BCUT2D eigenvalue weighted by molar-refractivity contribution is -0.130. The van der Waals surface area contributed by atoms with Crippen LogP contribution in [0.5, 0.6) is 5.75 Å². The van der Waals surface area contributed by atoms with Crippen molar-refractivity contribution in [2.75, 3.05) is 13.7 Å². The minimum absolute atomic E-state index is 0.105. The van der Waals surface area contributed by atoms with Gasteiger partial charge in [-0.3, -0.25) is 19.7 Å². The van der Waals surface area contributed by atoms with E-state index in [1.165, 1.54) is 12.0 Å². The summed E-state index contributed by atoms with van der Waals surface area (Å²) in [5.41, 5.74) is -0.217. The standard InChI is InChI=1S/C18H22N4O5/c1-10(2)19-14(23)7-18(16(25)20-17(26)21-18)9-22-8-11-4-5-12(27-3)6-13(11)15(22)24/h4-6,10H,7-9H2,1-3H3,(H,19,23)(H2,20,21,25,26). The fourth-order valence-corrected chi connectivity index (χ4v) is 3.39. The van der Waals surface area contributed by atoms with Gasteiger partial charge in [-0.25, -0.2) is 4.79 Å². The Morgan fingerprint density at radius 1 is 1.33 bits per heavy atom. The zero-order valence-corrected chi connectivity index (χ0v) is 15.4. The second-order valence-corrected chi connectivity index (χ2v) is 7.07. The number of amides is 5. The molecule has 0 saturated carbocycles. The van der Waals surface area contributed by atoms with Crippen molar-refractivity contribution in [2.45, 2.75) is 38.4 Å². The van der Waals surface area contributed by atoms with Crippen LogP contribution in [0.25, 0.3) is 0 Å². The van der Waals surface area contributed by atoms with Crippen LogP contribution in [0.15, 0.2) is 18.2 Å². The monoisotopic (exact) mass is 374 g/mol. The molecular weight excluding hydrogens is 352 g/mol. The van der Waals surface area contributed by atoms with Crippen molar-refractivity contribution in [3.8, 4) is 5.75 Å². The van der Waals surface area contributed by atoms with Crippen LogP contribution in [0, 0.1) is 0 Å². The van der Waals surface area contributed by atoms with Crippen molar-refractivity contribution in [2.24, 2.45) is 0 Å². The van der Waals surface area contributed by atoms with Gasteiger partial charge in [0.1, 0.15) is 11.3 Å². The minimum Gasteiger partial charge on any atom is -0.497 e. The fraction of sp³-hybridized carbons (Fsp3) is 0.444. The van der Waals surface area contributed by atoms with Gasteiger partial charge in [-0.2, -0.15) is 0 Å². The number of nitrogens with zero attached hydrogens (tertiary/aromatic N) is 1. The van der Waals surface area contributed by atoms with Gasteiger partial charge < -0.3 is 20.3 Å². The van der Waals surface area contributed by atoms with E-state index in [4.69, 9.17) is 4.74 Å². The van der Waals surface area contributed by atoms with Crippen LogP contribution in [-0.2, 0) is 16.1 Å². The number of urea groups is 1. The van der Waals surface area contributed by atoms with Gasteiger partial charge >= 0.3 is 6.03 Å².